The second kappa shape index (κ2) is 8.38. The van der Waals surface area contributed by atoms with Crippen LogP contribution >= 0.6 is 0 Å². The van der Waals surface area contributed by atoms with Crippen LogP contribution in [0.15, 0.2) is 71.7 Å². The number of benzene rings is 2. The minimum absolute atomic E-state index is 0. The van der Waals surface area contributed by atoms with Crippen molar-refractivity contribution >= 4 is 17.5 Å². The normalized spacial score (nSPS) is 9.80. The van der Waals surface area contributed by atoms with Crippen LogP contribution in [0.5, 0.6) is 0 Å². The van der Waals surface area contributed by atoms with Gasteiger partial charge in [0, 0.05) is 16.7 Å². The fourth-order valence-corrected chi connectivity index (χ4v) is 2.31. The van der Waals surface area contributed by atoms with E-state index in [-0.39, 0.29) is 30.2 Å². The van der Waals surface area contributed by atoms with E-state index in [4.69, 9.17) is 0 Å². The minimum atomic E-state index is -1.33. The summed E-state index contributed by atoms with van der Waals surface area (Å²) in [5, 5.41) is 19.2. The van der Waals surface area contributed by atoms with Gasteiger partial charge in [0.25, 0.3) is 0 Å². The van der Waals surface area contributed by atoms with Crippen LogP contribution in [0.2, 0.25) is 0 Å². The molecule has 0 bridgehead atoms. The molecule has 118 valence electrons. The zero-order valence-corrected chi connectivity index (χ0v) is 14.0. The van der Waals surface area contributed by atoms with E-state index in [9.17, 15) is 9.90 Å². The van der Waals surface area contributed by atoms with Crippen molar-refractivity contribution in [1.29, 1.82) is 0 Å². The van der Waals surface area contributed by atoms with Gasteiger partial charge in [-0.2, -0.15) is 5.10 Å². The molecule has 0 aliphatic carbocycles. The number of carboxylic acids is 1. The van der Waals surface area contributed by atoms with Gasteiger partial charge in [-0.25, -0.2) is 4.99 Å². The molecule has 5 nitrogen and oxygen atoms in total. The molecule has 2 aromatic carbocycles. The molecule has 3 rings (SSSR count). The van der Waals surface area contributed by atoms with Crippen LogP contribution < -0.4 is 24.0 Å². The zero-order valence-electron chi connectivity index (χ0n) is 14.0. The SMILES string of the molecule is Cc1cc(C(=O)[O-])c(N=C(c2ccccc2)c2ccccc2)nn1.[Li+]. The van der Waals surface area contributed by atoms with Gasteiger partial charge in [-0.05, 0) is 13.0 Å². The number of rotatable bonds is 4. The first-order valence-electron chi connectivity index (χ1n) is 7.40. The van der Waals surface area contributed by atoms with Crippen molar-refractivity contribution < 1.29 is 28.8 Å². The molecule has 6 heteroatoms. The Hall–Kier alpha value is -2.74. The molecule has 0 radical (unpaired) electrons. The van der Waals surface area contributed by atoms with Crippen LogP contribution in [-0.4, -0.2) is 21.9 Å². The van der Waals surface area contributed by atoms with Gasteiger partial charge < -0.3 is 9.90 Å². The van der Waals surface area contributed by atoms with Gasteiger partial charge in [-0.1, -0.05) is 60.7 Å². The van der Waals surface area contributed by atoms with E-state index in [0.717, 1.165) is 11.1 Å². The van der Waals surface area contributed by atoms with E-state index < -0.39 is 5.97 Å². The van der Waals surface area contributed by atoms with Crippen molar-refractivity contribution in [3.63, 3.8) is 0 Å². The molecule has 0 fully saturated rings. The summed E-state index contributed by atoms with van der Waals surface area (Å²) in [5.41, 5.74) is 2.75. The van der Waals surface area contributed by atoms with Gasteiger partial charge in [0.1, 0.15) is 0 Å². The number of carbonyl (C=O) groups is 1. The average Bonchev–Trinajstić information content (AvgIpc) is 2.62. The Kier molecular flexibility index (Phi) is 6.24. The van der Waals surface area contributed by atoms with E-state index >= 15 is 0 Å². The fraction of sp³-hybridized carbons (Fsp3) is 0.0526. The molecule has 0 N–H and O–H groups in total. The third-order valence-electron chi connectivity index (χ3n) is 3.43. The molecule has 0 saturated heterocycles. The second-order valence-corrected chi connectivity index (χ2v) is 5.20. The standard InChI is InChI=1S/C19H15N3O2.Li/c1-13-12-16(19(23)24)18(22-21-13)20-17(14-8-4-2-5-9-14)15-10-6-3-7-11-15;/h2-12H,1H3,(H,23,24);/q;+1/p-1. The molecule has 0 saturated carbocycles. The minimum Gasteiger partial charge on any atom is -0.545 e. The molecule has 0 aliphatic rings. The topological polar surface area (TPSA) is 78.3 Å². The molecule has 25 heavy (non-hydrogen) atoms. The summed E-state index contributed by atoms with van der Waals surface area (Å²) in [5.74, 6) is -1.30. The predicted octanol–water partition coefficient (Wildman–Crippen LogP) is -0.678. The Labute approximate surface area is 157 Å². The second-order valence-electron chi connectivity index (χ2n) is 5.20. The van der Waals surface area contributed by atoms with Gasteiger partial charge in [0.2, 0.25) is 0 Å². The smallest absolute Gasteiger partial charge is 0.545 e. The number of hydrogen-bond donors (Lipinski definition) is 0. The Morgan fingerprint density at radius 2 is 1.44 bits per heavy atom. The van der Waals surface area contributed by atoms with Crippen LogP contribution in [0, 0.1) is 6.92 Å². The Morgan fingerprint density at radius 3 is 1.92 bits per heavy atom. The van der Waals surface area contributed by atoms with Crippen molar-refractivity contribution in [2.75, 3.05) is 0 Å². The first-order valence-corrected chi connectivity index (χ1v) is 7.40. The van der Waals surface area contributed by atoms with Crippen molar-refractivity contribution in [3.05, 3.63) is 89.1 Å². The molecular weight excluding hydrogens is 309 g/mol. The molecule has 1 aromatic heterocycles. The molecule has 0 amide bonds. The first kappa shape index (κ1) is 18.6. The number of hydrogen-bond acceptors (Lipinski definition) is 5. The maximum atomic E-state index is 11.4. The largest absolute Gasteiger partial charge is 1.00 e. The summed E-state index contributed by atoms with van der Waals surface area (Å²) < 4.78 is 0. The van der Waals surface area contributed by atoms with Gasteiger partial charge in [-0.15, -0.1) is 5.10 Å². The molecule has 0 atom stereocenters. The van der Waals surface area contributed by atoms with Gasteiger partial charge in [0.15, 0.2) is 5.82 Å². The van der Waals surface area contributed by atoms with Crippen molar-refractivity contribution in [3.8, 4) is 0 Å². The van der Waals surface area contributed by atoms with Crippen LogP contribution in [0.1, 0.15) is 27.2 Å². The Bertz CT molecular complexity index is 856. The van der Waals surface area contributed by atoms with E-state index in [1.165, 1.54) is 6.07 Å². The van der Waals surface area contributed by atoms with Crippen LogP contribution in [0.3, 0.4) is 0 Å². The summed E-state index contributed by atoms with van der Waals surface area (Å²) in [6.45, 7) is 1.67. The number of nitrogens with zero attached hydrogens (tertiary/aromatic N) is 3. The molecule has 0 spiro atoms. The zero-order chi connectivity index (χ0) is 16.9. The summed E-state index contributed by atoms with van der Waals surface area (Å²) in [6, 6.07) is 20.4. The average molecular weight is 323 g/mol. The molecule has 1 heterocycles. The van der Waals surface area contributed by atoms with Crippen molar-refractivity contribution in [2.45, 2.75) is 6.92 Å². The van der Waals surface area contributed by atoms with Crippen molar-refractivity contribution in [1.82, 2.24) is 10.2 Å². The van der Waals surface area contributed by atoms with Gasteiger partial charge in [0.05, 0.1) is 17.4 Å². The van der Waals surface area contributed by atoms with Gasteiger partial charge >= 0.3 is 18.9 Å². The fourth-order valence-electron chi connectivity index (χ4n) is 2.31. The Morgan fingerprint density at radius 1 is 0.920 bits per heavy atom. The number of carbonyl (C=O) groups excluding carboxylic acids is 1. The maximum absolute atomic E-state index is 11.4. The number of aromatic carboxylic acids is 1. The molecule has 0 aliphatic heterocycles. The van der Waals surface area contributed by atoms with Crippen LogP contribution in [0.4, 0.5) is 5.82 Å². The summed E-state index contributed by atoms with van der Waals surface area (Å²) in [4.78, 5) is 15.9. The van der Waals surface area contributed by atoms with Crippen molar-refractivity contribution in [2.24, 2.45) is 4.99 Å². The third kappa shape index (κ3) is 4.41. The Balaban J connectivity index is 0.00000225. The monoisotopic (exact) mass is 323 g/mol. The van der Waals surface area contributed by atoms with Crippen LogP contribution in [-0.2, 0) is 0 Å². The number of carboxylic acid groups (broad SMARTS) is 1. The maximum Gasteiger partial charge on any atom is 1.00 e. The number of aliphatic imine (C=N–C) groups is 1. The summed E-state index contributed by atoms with van der Waals surface area (Å²) >= 11 is 0. The van der Waals surface area contributed by atoms with Gasteiger partial charge in [-0.3, -0.25) is 0 Å². The quantitative estimate of drug-likeness (QED) is 0.471. The number of aromatic nitrogens is 2. The summed E-state index contributed by atoms with van der Waals surface area (Å²) in [7, 11) is 0. The third-order valence-corrected chi connectivity index (χ3v) is 3.43. The van der Waals surface area contributed by atoms with E-state index in [0.29, 0.717) is 11.4 Å². The van der Waals surface area contributed by atoms with E-state index in [1.807, 2.05) is 60.7 Å². The van der Waals surface area contributed by atoms with E-state index in [2.05, 4.69) is 15.2 Å². The molecular formula is C19H14LiN3O2. The number of aryl methyl sites for hydroxylation is 1. The van der Waals surface area contributed by atoms with Crippen LogP contribution in [0.25, 0.3) is 0 Å². The molecule has 0 unspecified atom stereocenters. The first-order chi connectivity index (χ1) is 11.6. The molecule has 3 aromatic rings. The predicted molar refractivity (Wildman–Crippen MR) is 89.3 cm³/mol. The summed E-state index contributed by atoms with van der Waals surface area (Å²) in [6.07, 6.45) is 0. The van der Waals surface area contributed by atoms with E-state index in [1.54, 1.807) is 6.92 Å².